The number of carbonyl (C=O) groups is 3. The van der Waals surface area contributed by atoms with Crippen molar-refractivity contribution in [3.8, 4) is 0 Å². The van der Waals surface area contributed by atoms with Crippen LogP contribution in [0.25, 0.3) is 0 Å². The Morgan fingerprint density at radius 2 is 2.07 bits per heavy atom. The molecule has 0 bridgehead atoms. The predicted octanol–water partition coefficient (Wildman–Crippen LogP) is 2.02. The average Bonchev–Trinajstić information content (AvgIpc) is 3.44. The first-order chi connectivity index (χ1) is 13.9. The Bertz CT molecular complexity index is 1000. The van der Waals surface area contributed by atoms with Crippen LogP contribution in [0.2, 0.25) is 5.02 Å². The molecule has 0 radical (unpaired) electrons. The van der Waals surface area contributed by atoms with Gasteiger partial charge >= 0.3 is 5.97 Å². The summed E-state index contributed by atoms with van der Waals surface area (Å²) >= 11 is 6.18. The molecule has 4 rings (SSSR count). The molecule has 1 N–H and O–H groups in total. The Labute approximate surface area is 172 Å². The lowest BCUT2D eigenvalue weighted by molar-refractivity contribution is -0.133. The van der Waals surface area contributed by atoms with Crippen molar-refractivity contribution >= 4 is 29.4 Å². The van der Waals surface area contributed by atoms with Gasteiger partial charge in [-0.1, -0.05) is 29.8 Å². The summed E-state index contributed by atoms with van der Waals surface area (Å²) in [4.78, 5) is 44.2. The number of halogens is 1. The van der Waals surface area contributed by atoms with Gasteiger partial charge in [-0.2, -0.15) is 0 Å². The SMILES string of the molecule is COC(=O)c1ncn2c1C(=O)N(C1CC1)[C@@](C)(C(=O)NCc1ccccc1Cl)C2. The highest BCUT2D eigenvalue weighted by atomic mass is 35.5. The molecule has 1 aromatic heterocycles. The van der Waals surface area contributed by atoms with E-state index < -0.39 is 11.5 Å². The summed E-state index contributed by atoms with van der Waals surface area (Å²) in [6, 6.07) is 7.24. The van der Waals surface area contributed by atoms with Gasteiger partial charge < -0.3 is 19.5 Å². The van der Waals surface area contributed by atoms with Gasteiger partial charge in [-0.3, -0.25) is 9.59 Å². The number of imidazole rings is 1. The third kappa shape index (κ3) is 3.27. The lowest BCUT2D eigenvalue weighted by Crippen LogP contribution is -2.64. The highest BCUT2D eigenvalue weighted by Crippen LogP contribution is 2.39. The quantitative estimate of drug-likeness (QED) is 0.752. The van der Waals surface area contributed by atoms with Crippen LogP contribution in [-0.4, -0.2) is 50.9 Å². The van der Waals surface area contributed by atoms with E-state index in [4.69, 9.17) is 16.3 Å². The maximum absolute atomic E-state index is 13.3. The van der Waals surface area contributed by atoms with E-state index in [9.17, 15) is 14.4 Å². The van der Waals surface area contributed by atoms with Crippen LogP contribution < -0.4 is 5.32 Å². The van der Waals surface area contributed by atoms with Gasteiger partial charge in [0.25, 0.3) is 5.91 Å². The predicted molar refractivity (Wildman–Crippen MR) is 104 cm³/mol. The lowest BCUT2D eigenvalue weighted by atomic mass is 9.93. The van der Waals surface area contributed by atoms with Crippen molar-refractivity contribution in [1.82, 2.24) is 19.8 Å². The van der Waals surface area contributed by atoms with Crippen LogP contribution in [0, 0.1) is 0 Å². The molecule has 2 amide bonds. The van der Waals surface area contributed by atoms with E-state index in [0.29, 0.717) is 5.02 Å². The minimum absolute atomic E-state index is 0.0262. The van der Waals surface area contributed by atoms with E-state index in [1.54, 1.807) is 22.5 Å². The fourth-order valence-electron chi connectivity index (χ4n) is 3.81. The molecule has 1 aromatic carbocycles. The summed E-state index contributed by atoms with van der Waals surface area (Å²) in [6.07, 6.45) is 3.05. The summed E-state index contributed by atoms with van der Waals surface area (Å²) in [7, 11) is 1.24. The number of benzene rings is 1. The zero-order valence-electron chi connectivity index (χ0n) is 16.1. The van der Waals surface area contributed by atoms with Crippen molar-refractivity contribution in [3.63, 3.8) is 0 Å². The van der Waals surface area contributed by atoms with Gasteiger partial charge in [-0.05, 0) is 31.4 Å². The Balaban J connectivity index is 1.64. The molecule has 1 atom stereocenters. The first kappa shape index (κ1) is 19.4. The van der Waals surface area contributed by atoms with Crippen molar-refractivity contribution in [2.75, 3.05) is 7.11 Å². The molecule has 1 saturated carbocycles. The summed E-state index contributed by atoms with van der Waals surface area (Å²) in [5, 5.41) is 3.48. The Morgan fingerprint density at radius 3 is 2.72 bits per heavy atom. The minimum atomic E-state index is -1.11. The van der Waals surface area contributed by atoms with E-state index in [2.05, 4.69) is 10.3 Å². The molecule has 152 valence electrons. The number of amides is 2. The van der Waals surface area contributed by atoms with E-state index in [0.717, 1.165) is 18.4 Å². The van der Waals surface area contributed by atoms with Crippen LogP contribution in [-0.2, 0) is 22.6 Å². The second kappa shape index (κ2) is 7.18. The first-order valence-electron chi connectivity index (χ1n) is 9.35. The minimum Gasteiger partial charge on any atom is -0.464 e. The topological polar surface area (TPSA) is 93.5 Å². The number of nitrogens with one attached hydrogen (secondary N) is 1. The van der Waals surface area contributed by atoms with Crippen molar-refractivity contribution < 1.29 is 19.1 Å². The number of fused-ring (bicyclic) bond motifs is 1. The van der Waals surface area contributed by atoms with E-state index >= 15 is 0 Å². The highest BCUT2D eigenvalue weighted by Gasteiger charge is 2.53. The van der Waals surface area contributed by atoms with Crippen molar-refractivity contribution in [1.29, 1.82) is 0 Å². The summed E-state index contributed by atoms with van der Waals surface area (Å²) in [6.45, 7) is 2.19. The molecule has 0 saturated heterocycles. The number of esters is 1. The average molecular weight is 417 g/mol. The van der Waals surface area contributed by atoms with Crippen LogP contribution in [0.5, 0.6) is 0 Å². The van der Waals surface area contributed by atoms with Gasteiger partial charge in [-0.25, -0.2) is 9.78 Å². The van der Waals surface area contributed by atoms with Gasteiger partial charge in [-0.15, -0.1) is 0 Å². The molecule has 9 heteroatoms. The fourth-order valence-corrected chi connectivity index (χ4v) is 4.01. The number of carbonyl (C=O) groups excluding carboxylic acids is 3. The molecule has 0 unspecified atom stereocenters. The zero-order valence-corrected chi connectivity index (χ0v) is 16.9. The summed E-state index contributed by atoms with van der Waals surface area (Å²) < 4.78 is 6.30. The molecular formula is C20H21ClN4O4. The van der Waals surface area contributed by atoms with Gasteiger partial charge in [0.15, 0.2) is 5.69 Å². The summed E-state index contributed by atoms with van der Waals surface area (Å²) in [5.74, 6) is -1.33. The maximum Gasteiger partial charge on any atom is 0.359 e. The molecule has 2 aliphatic rings. The van der Waals surface area contributed by atoms with Crippen molar-refractivity contribution in [3.05, 3.63) is 52.6 Å². The maximum atomic E-state index is 13.3. The number of rotatable bonds is 5. The van der Waals surface area contributed by atoms with Gasteiger partial charge in [0.1, 0.15) is 11.2 Å². The molecule has 2 aromatic rings. The van der Waals surface area contributed by atoms with Crippen LogP contribution in [0.15, 0.2) is 30.6 Å². The molecule has 29 heavy (non-hydrogen) atoms. The number of aromatic nitrogens is 2. The van der Waals surface area contributed by atoms with Crippen molar-refractivity contribution in [2.45, 2.75) is 44.4 Å². The Morgan fingerprint density at radius 1 is 1.34 bits per heavy atom. The number of nitrogens with zero attached hydrogens (tertiary/aromatic N) is 3. The van der Waals surface area contributed by atoms with E-state index in [-0.39, 0.29) is 42.3 Å². The smallest absolute Gasteiger partial charge is 0.359 e. The van der Waals surface area contributed by atoms with Gasteiger partial charge in [0.05, 0.1) is 20.0 Å². The fraction of sp³-hybridized carbons (Fsp3) is 0.400. The van der Waals surface area contributed by atoms with Crippen LogP contribution in [0.3, 0.4) is 0 Å². The van der Waals surface area contributed by atoms with Crippen LogP contribution >= 0.6 is 11.6 Å². The standard InChI is InChI=1S/C20H21ClN4O4/c1-20(19(28)22-9-12-5-3-4-6-14(12)21)10-24-11-23-15(18(27)29-2)16(24)17(26)25(20)13-7-8-13/h3-6,11,13H,7-10H2,1-2H3,(H,22,28)/t20-/m1/s1. The van der Waals surface area contributed by atoms with Crippen LogP contribution in [0.1, 0.15) is 46.3 Å². The second-order valence-electron chi connectivity index (χ2n) is 7.52. The molecule has 8 nitrogen and oxygen atoms in total. The van der Waals surface area contributed by atoms with Crippen LogP contribution in [0.4, 0.5) is 0 Å². The highest BCUT2D eigenvalue weighted by molar-refractivity contribution is 6.31. The largest absolute Gasteiger partial charge is 0.464 e. The number of methoxy groups -OCH3 is 1. The molecular weight excluding hydrogens is 396 g/mol. The zero-order chi connectivity index (χ0) is 20.8. The number of hydrogen-bond donors (Lipinski definition) is 1. The third-order valence-electron chi connectivity index (χ3n) is 5.45. The second-order valence-corrected chi connectivity index (χ2v) is 7.92. The molecule has 2 heterocycles. The molecule has 1 fully saturated rings. The van der Waals surface area contributed by atoms with Crippen molar-refractivity contribution in [2.24, 2.45) is 0 Å². The monoisotopic (exact) mass is 416 g/mol. The number of ether oxygens (including phenoxy) is 1. The Hall–Kier alpha value is -2.87. The van der Waals surface area contributed by atoms with E-state index in [1.165, 1.54) is 13.4 Å². The van der Waals surface area contributed by atoms with Gasteiger partial charge in [0, 0.05) is 17.6 Å². The molecule has 0 spiro atoms. The first-order valence-corrected chi connectivity index (χ1v) is 9.73. The molecule has 1 aliphatic carbocycles. The third-order valence-corrected chi connectivity index (χ3v) is 5.81. The van der Waals surface area contributed by atoms with E-state index in [1.807, 2.05) is 18.2 Å². The van der Waals surface area contributed by atoms with Gasteiger partial charge in [0.2, 0.25) is 5.91 Å². The summed E-state index contributed by atoms with van der Waals surface area (Å²) in [5.41, 5.74) is -0.176. The Kier molecular flexibility index (Phi) is 4.82. The number of hydrogen-bond acceptors (Lipinski definition) is 5. The molecule has 1 aliphatic heterocycles. The lowest BCUT2D eigenvalue weighted by Gasteiger charge is -2.44. The normalized spacial score (nSPS) is 20.9.